The van der Waals surface area contributed by atoms with Crippen LogP contribution in [0.1, 0.15) is 26.2 Å². The molecular weight excluding hydrogens is 294 g/mol. The molecule has 1 aliphatic heterocycles. The number of anilines is 1. The average Bonchev–Trinajstić information content (AvgIpc) is 2.47. The summed E-state index contributed by atoms with van der Waals surface area (Å²) in [5.41, 5.74) is -0.0199. The van der Waals surface area contributed by atoms with Crippen LogP contribution in [0.2, 0.25) is 5.02 Å². The summed E-state index contributed by atoms with van der Waals surface area (Å²) in [4.78, 5) is 22.7. The van der Waals surface area contributed by atoms with Gasteiger partial charge in [-0.3, -0.25) is 14.9 Å². The van der Waals surface area contributed by atoms with Crippen molar-refractivity contribution in [2.24, 2.45) is 5.92 Å². The third-order valence-corrected chi connectivity index (χ3v) is 4.05. The molecule has 1 saturated heterocycles. The van der Waals surface area contributed by atoms with Crippen molar-refractivity contribution in [2.45, 2.75) is 32.2 Å². The van der Waals surface area contributed by atoms with Gasteiger partial charge < -0.3 is 10.6 Å². The fraction of sp³-hybridized carbons (Fsp3) is 0.500. The number of hydrogen-bond donors (Lipinski definition) is 2. The third-order valence-electron chi connectivity index (χ3n) is 3.82. The lowest BCUT2D eigenvalue weighted by molar-refractivity contribution is -0.383. The molecule has 1 amide bonds. The van der Waals surface area contributed by atoms with Gasteiger partial charge in [0.15, 0.2) is 0 Å². The smallest absolute Gasteiger partial charge is 0.292 e. The highest BCUT2D eigenvalue weighted by atomic mass is 35.5. The molecule has 114 valence electrons. The van der Waals surface area contributed by atoms with Crippen LogP contribution in [0.5, 0.6) is 0 Å². The zero-order valence-electron chi connectivity index (χ0n) is 11.8. The summed E-state index contributed by atoms with van der Waals surface area (Å²) in [7, 11) is 0. The summed E-state index contributed by atoms with van der Waals surface area (Å²) in [5.74, 6) is 0.259. The van der Waals surface area contributed by atoms with Crippen molar-refractivity contribution >= 4 is 28.9 Å². The van der Waals surface area contributed by atoms with Crippen LogP contribution >= 0.6 is 11.6 Å². The molecule has 1 heterocycles. The predicted octanol–water partition coefficient (Wildman–Crippen LogP) is 2.96. The van der Waals surface area contributed by atoms with E-state index < -0.39 is 4.92 Å². The van der Waals surface area contributed by atoms with Gasteiger partial charge >= 0.3 is 0 Å². The number of nitrogens with one attached hydrogen (secondary N) is 2. The van der Waals surface area contributed by atoms with Crippen LogP contribution in [0.25, 0.3) is 0 Å². The Morgan fingerprint density at radius 2 is 2.33 bits per heavy atom. The van der Waals surface area contributed by atoms with E-state index in [1.165, 1.54) is 18.2 Å². The molecule has 0 bridgehead atoms. The van der Waals surface area contributed by atoms with E-state index in [9.17, 15) is 14.9 Å². The Bertz CT molecular complexity index is 550. The second-order valence-corrected chi connectivity index (χ2v) is 5.65. The number of amides is 1. The number of rotatable bonds is 4. The normalized spacial score (nSPS) is 21.8. The molecule has 1 aliphatic rings. The molecule has 2 unspecified atom stereocenters. The molecule has 0 aliphatic carbocycles. The molecule has 1 fully saturated rings. The zero-order valence-corrected chi connectivity index (χ0v) is 12.5. The van der Waals surface area contributed by atoms with E-state index in [1.807, 2.05) is 0 Å². The summed E-state index contributed by atoms with van der Waals surface area (Å²) >= 11 is 5.85. The summed E-state index contributed by atoms with van der Waals surface area (Å²) < 4.78 is 0. The van der Waals surface area contributed by atoms with Gasteiger partial charge in [0.05, 0.1) is 11.0 Å². The van der Waals surface area contributed by atoms with Gasteiger partial charge in [-0.15, -0.1) is 0 Å². The van der Waals surface area contributed by atoms with Crippen LogP contribution in [0, 0.1) is 16.0 Å². The molecule has 0 radical (unpaired) electrons. The SMILES string of the molecule is CCC1CCNC(C(=O)Nc2cc(Cl)ccc2[N+](=O)[O-])C1. The monoisotopic (exact) mass is 311 g/mol. The van der Waals surface area contributed by atoms with E-state index in [0.29, 0.717) is 10.9 Å². The van der Waals surface area contributed by atoms with E-state index in [1.54, 1.807) is 0 Å². The Kier molecular flexibility index (Phi) is 5.14. The Hall–Kier alpha value is -1.66. The molecule has 6 nitrogen and oxygen atoms in total. The highest BCUT2D eigenvalue weighted by Gasteiger charge is 2.27. The minimum Gasteiger partial charge on any atom is -0.319 e. The predicted molar refractivity (Wildman–Crippen MR) is 81.5 cm³/mol. The van der Waals surface area contributed by atoms with E-state index in [0.717, 1.165) is 25.8 Å². The van der Waals surface area contributed by atoms with Gasteiger partial charge in [-0.2, -0.15) is 0 Å². The number of carbonyl (C=O) groups is 1. The molecule has 1 aromatic rings. The minimum atomic E-state index is -0.533. The van der Waals surface area contributed by atoms with Gasteiger partial charge in [0.25, 0.3) is 5.69 Å². The molecule has 1 aromatic carbocycles. The molecule has 2 atom stereocenters. The topological polar surface area (TPSA) is 84.3 Å². The molecule has 0 aromatic heterocycles. The third kappa shape index (κ3) is 3.92. The summed E-state index contributed by atoms with van der Waals surface area (Å²) in [6.07, 6.45) is 2.83. The maximum Gasteiger partial charge on any atom is 0.292 e. The van der Waals surface area contributed by atoms with E-state index in [-0.39, 0.29) is 23.3 Å². The number of benzene rings is 1. The first-order valence-corrected chi connectivity index (χ1v) is 7.37. The van der Waals surface area contributed by atoms with Crippen LogP contribution in [-0.2, 0) is 4.79 Å². The van der Waals surface area contributed by atoms with Gasteiger partial charge in [0.2, 0.25) is 5.91 Å². The number of nitro benzene ring substituents is 1. The molecule has 0 spiro atoms. The summed E-state index contributed by atoms with van der Waals surface area (Å²) in [6.45, 7) is 2.89. The lowest BCUT2D eigenvalue weighted by Gasteiger charge is -2.28. The molecule has 0 saturated carbocycles. The van der Waals surface area contributed by atoms with Crippen molar-refractivity contribution in [3.8, 4) is 0 Å². The molecule has 2 rings (SSSR count). The van der Waals surface area contributed by atoms with Gasteiger partial charge in [-0.05, 0) is 37.4 Å². The number of piperidine rings is 1. The average molecular weight is 312 g/mol. The quantitative estimate of drug-likeness (QED) is 0.661. The van der Waals surface area contributed by atoms with Crippen LogP contribution in [-0.4, -0.2) is 23.4 Å². The fourth-order valence-electron chi connectivity index (χ4n) is 2.55. The second kappa shape index (κ2) is 6.87. The lowest BCUT2D eigenvalue weighted by Crippen LogP contribution is -2.46. The first-order valence-electron chi connectivity index (χ1n) is 6.99. The number of halogens is 1. The molecule has 7 heteroatoms. The standard InChI is InChI=1S/C14H18ClN3O3/c1-2-9-5-6-16-12(7-9)14(19)17-11-8-10(15)3-4-13(11)18(20)21/h3-4,8-9,12,16H,2,5-7H2,1H3,(H,17,19). The number of carbonyl (C=O) groups excluding carboxylic acids is 1. The fourth-order valence-corrected chi connectivity index (χ4v) is 2.73. The Morgan fingerprint density at radius 3 is 3.00 bits per heavy atom. The summed E-state index contributed by atoms with van der Waals surface area (Å²) in [6, 6.07) is 3.81. The Labute approximate surface area is 128 Å². The van der Waals surface area contributed by atoms with Crippen LogP contribution in [0.3, 0.4) is 0 Å². The first kappa shape index (κ1) is 15.7. The largest absolute Gasteiger partial charge is 0.319 e. The molecular formula is C14H18ClN3O3. The van der Waals surface area contributed by atoms with E-state index in [2.05, 4.69) is 17.6 Å². The maximum absolute atomic E-state index is 12.3. The molecule has 2 N–H and O–H groups in total. The number of nitrogens with zero attached hydrogens (tertiary/aromatic N) is 1. The minimum absolute atomic E-state index is 0.137. The van der Waals surface area contributed by atoms with Gasteiger partial charge in [-0.25, -0.2) is 0 Å². The Balaban J connectivity index is 2.12. The Morgan fingerprint density at radius 1 is 1.57 bits per heavy atom. The highest BCUT2D eigenvalue weighted by Crippen LogP contribution is 2.28. The van der Waals surface area contributed by atoms with Gasteiger partial charge in [-0.1, -0.05) is 24.9 Å². The van der Waals surface area contributed by atoms with E-state index >= 15 is 0 Å². The van der Waals surface area contributed by atoms with Gasteiger partial charge in [0, 0.05) is 11.1 Å². The zero-order chi connectivity index (χ0) is 15.4. The van der Waals surface area contributed by atoms with Crippen molar-refractivity contribution in [1.29, 1.82) is 0 Å². The maximum atomic E-state index is 12.3. The molecule has 21 heavy (non-hydrogen) atoms. The lowest BCUT2D eigenvalue weighted by atomic mass is 9.90. The summed E-state index contributed by atoms with van der Waals surface area (Å²) in [5, 5.41) is 17.1. The van der Waals surface area contributed by atoms with E-state index in [4.69, 9.17) is 11.6 Å². The van der Waals surface area contributed by atoms with Crippen molar-refractivity contribution in [3.05, 3.63) is 33.3 Å². The van der Waals surface area contributed by atoms with Crippen molar-refractivity contribution in [1.82, 2.24) is 5.32 Å². The van der Waals surface area contributed by atoms with Crippen LogP contribution < -0.4 is 10.6 Å². The van der Waals surface area contributed by atoms with Gasteiger partial charge in [0.1, 0.15) is 5.69 Å². The first-order chi connectivity index (χ1) is 10.0. The second-order valence-electron chi connectivity index (χ2n) is 5.21. The number of hydrogen-bond acceptors (Lipinski definition) is 4. The van der Waals surface area contributed by atoms with Crippen LogP contribution in [0.4, 0.5) is 11.4 Å². The van der Waals surface area contributed by atoms with Crippen molar-refractivity contribution < 1.29 is 9.72 Å². The highest BCUT2D eigenvalue weighted by molar-refractivity contribution is 6.31. The number of nitro groups is 1. The van der Waals surface area contributed by atoms with Crippen LogP contribution in [0.15, 0.2) is 18.2 Å². The van der Waals surface area contributed by atoms with Crippen molar-refractivity contribution in [3.63, 3.8) is 0 Å². The van der Waals surface area contributed by atoms with Crippen molar-refractivity contribution in [2.75, 3.05) is 11.9 Å².